The smallest absolute Gasteiger partial charge is 0.156 e. The van der Waals surface area contributed by atoms with Gasteiger partial charge >= 0.3 is 0 Å². The van der Waals surface area contributed by atoms with E-state index in [-0.39, 0.29) is 16.2 Å². The van der Waals surface area contributed by atoms with Gasteiger partial charge in [0.15, 0.2) is 5.78 Å². The van der Waals surface area contributed by atoms with Crippen molar-refractivity contribution in [2.24, 2.45) is 34.0 Å². The van der Waals surface area contributed by atoms with Crippen molar-refractivity contribution in [2.75, 3.05) is 0 Å². The molecule has 0 spiro atoms. The van der Waals surface area contributed by atoms with E-state index in [4.69, 9.17) is 0 Å². The summed E-state index contributed by atoms with van der Waals surface area (Å²) in [5, 5.41) is 0. The topological polar surface area (TPSA) is 34.1 Å². The predicted molar refractivity (Wildman–Crippen MR) is 100 cm³/mol. The Bertz CT molecular complexity index is 714. The number of hydrogen-bond acceptors (Lipinski definition) is 2. The van der Waals surface area contributed by atoms with Crippen molar-refractivity contribution in [1.29, 1.82) is 0 Å². The van der Waals surface area contributed by atoms with E-state index >= 15 is 0 Å². The van der Waals surface area contributed by atoms with Gasteiger partial charge in [-0.05, 0) is 86.2 Å². The summed E-state index contributed by atoms with van der Waals surface area (Å²) in [6, 6.07) is 0. The zero-order chi connectivity index (χ0) is 18.2. The first-order valence-electron chi connectivity index (χ1n) is 10.1. The normalized spacial score (nSPS) is 48.8. The minimum atomic E-state index is -0.163. The molecule has 2 nitrogen and oxygen atoms in total. The lowest BCUT2D eigenvalue weighted by molar-refractivity contribution is -0.136. The molecule has 2 fully saturated rings. The average Bonchev–Trinajstić information content (AvgIpc) is 2.83. The number of allylic oxidation sites excluding steroid dienone is 4. The van der Waals surface area contributed by atoms with Gasteiger partial charge in [0.25, 0.3) is 0 Å². The highest BCUT2D eigenvalue weighted by Crippen LogP contribution is 2.69. The maximum Gasteiger partial charge on any atom is 0.156 e. The van der Waals surface area contributed by atoms with Crippen LogP contribution in [0.4, 0.5) is 0 Å². The van der Waals surface area contributed by atoms with Crippen LogP contribution in [-0.2, 0) is 9.59 Å². The molecule has 136 valence electrons. The molecule has 0 radical (unpaired) electrons. The lowest BCUT2D eigenvalue weighted by Crippen LogP contribution is -2.52. The van der Waals surface area contributed by atoms with Crippen molar-refractivity contribution < 1.29 is 9.59 Å². The Morgan fingerprint density at radius 1 is 1.08 bits per heavy atom. The fourth-order valence-electron chi connectivity index (χ4n) is 7.26. The fourth-order valence-corrected chi connectivity index (χ4v) is 7.26. The molecule has 2 heteroatoms. The second kappa shape index (κ2) is 5.18. The Hall–Kier alpha value is -1.18. The van der Waals surface area contributed by atoms with Crippen LogP contribution in [0, 0.1) is 34.0 Å². The summed E-state index contributed by atoms with van der Waals surface area (Å²) in [7, 11) is 0. The van der Waals surface area contributed by atoms with Crippen molar-refractivity contribution in [2.45, 2.75) is 73.1 Å². The predicted octanol–water partition coefficient (Wildman–Crippen LogP) is 5.28. The number of rotatable bonds is 1. The van der Waals surface area contributed by atoms with Gasteiger partial charge in [-0.2, -0.15) is 0 Å². The van der Waals surface area contributed by atoms with Gasteiger partial charge in [-0.25, -0.2) is 0 Å². The molecule has 0 aliphatic heterocycles. The van der Waals surface area contributed by atoms with Crippen molar-refractivity contribution in [1.82, 2.24) is 0 Å². The lowest BCUT2D eigenvalue weighted by atomic mass is 9.46. The van der Waals surface area contributed by atoms with Crippen LogP contribution in [0.1, 0.15) is 73.1 Å². The molecule has 2 saturated carbocycles. The zero-order valence-corrected chi connectivity index (χ0v) is 16.4. The van der Waals surface area contributed by atoms with E-state index in [1.54, 1.807) is 6.92 Å². The van der Waals surface area contributed by atoms with Crippen LogP contribution in [0.25, 0.3) is 0 Å². The third kappa shape index (κ3) is 2.03. The molecular weight excluding hydrogens is 308 g/mol. The van der Waals surface area contributed by atoms with Crippen LogP contribution < -0.4 is 0 Å². The summed E-state index contributed by atoms with van der Waals surface area (Å²) >= 11 is 0. The van der Waals surface area contributed by atoms with Gasteiger partial charge in [0.05, 0.1) is 0 Å². The maximum absolute atomic E-state index is 12.5. The Morgan fingerprint density at radius 3 is 2.44 bits per heavy atom. The van der Waals surface area contributed by atoms with Crippen molar-refractivity contribution in [3.05, 3.63) is 23.3 Å². The van der Waals surface area contributed by atoms with Crippen molar-refractivity contribution in [3.63, 3.8) is 0 Å². The Balaban J connectivity index is 1.80. The Labute approximate surface area is 152 Å². The van der Waals surface area contributed by atoms with E-state index < -0.39 is 0 Å². The maximum atomic E-state index is 12.5. The van der Waals surface area contributed by atoms with Crippen LogP contribution in [0.2, 0.25) is 0 Å². The minimum absolute atomic E-state index is 0.124. The summed E-state index contributed by atoms with van der Waals surface area (Å²) in [4.78, 5) is 24.5. The quantitative estimate of drug-likeness (QED) is 0.651. The zero-order valence-electron chi connectivity index (χ0n) is 16.4. The Kier molecular flexibility index (Phi) is 3.57. The van der Waals surface area contributed by atoms with Crippen LogP contribution in [0.5, 0.6) is 0 Å². The Morgan fingerprint density at radius 2 is 1.76 bits per heavy atom. The first kappa shape index (κ1) is 17.2. The van der Waals surface area contributed by atoms with E-state index in [0.717, 1.165) is 19.3 Å². The highest BCUT2D eigenvalue weighted by molar-refractivity contribution is 5.92. The van der Waals surface area contributed by atoms with E-state index in [1.165, 1.54) is 24.0 Å². The van der Waals surface area contributed by atoms with Gasteiger partial charge in [0, 0.05) is 11.8 Å². The molecule has 25 heavy (non-hydrogen) atoms. The first-order valence-corrected chi connectivity index (χ1v) is 10.1. The van der Waals surface area contributed by atoms with Gasteiger partial charge in [-0.3, -0.25) is 9.59 Å². The highest BCUT2D eigenvalue weighted by atomic mass is 16.1. The third-order valence-corrected chi connectivity index (χ3v) is 9.21. The summed E-state index contributed by atoms with van der Waals surface area (Å²) < 4.78 is 0. The van der Waals surface area contributed by atoms with E-state index in [1.807, 2.05) is 6.08 Å². The van der Waals surface area contributed by atoms with Gasteiger partial charge < -0.3 is 0 Å². The van der Waals surface area contributed by atoms with Crippen LogP contribution in [0.3, 0.4) is 0 Å². The molecule has 0 saturated heterocycles. The molecule has 3 unspecified atom stereocenters. The second-order valence-electron chi connectivity index (χ2n) is 9.96. The van der Waals surface area contributed by atoms with Crippen molar-refractivity contribution in [3.8, 4) is 0 Å². The standard InChI is InChI=1S/C23H32O2/c1-14-12-17-18(21(3)9-6-16(25)13-20(14)21)7-11-23(5)19(17)8-10-22(23,4)15(2)24/h12-13,17-19H,6-11H2,1-5H3/t17?,18?,19?,21-,22-,23+/m1/s1. The monoisotopic (exact) mass is 340 g/mol. The molecule has 0 aromatic heterocycles. The number of hydrogen-bond donors (Lipinski definition) is 0. The first-order chi connectivity index (χ1) is 11.6. The largest absolute Gasteiger partial charge is 0.299 e. The van der Waals surface area contributed by atoms with E-state index in [9.17, 15) is 9.59 Å². The third-order valence-electron chi connectivity index (χ3n) is 9.21. The molecule has 6 atom stereocenters. The fraction of sp³-hybridized carbons (Fsp3) is 0.739. The molecule has 0 heterocycles. The van der Waals surface area contributed by atoms with Gasteiger partial charge in [-0.15, -0.1) is 0 Å². The van der Waals surface area contributed by atoms with E-state index in [2.05, 4.69) is 33.8 Å². The van der Waals surface area contributed by atoms with Gasteiger partial charge in [-0.1, -0.05) is 32.4 Å². The van der Waals surface area contributed by atoms with Crippen LogP contribution in [0.15, 0.2) is 23.3 Å². The average molecular weight is 341 g/mol. The summed E-state index contributed by atoms with van der Waals surface area (Å²) in [5.41, 5.74) is 2.73. The second-order valence-corrected chi connectivity index (χ2v) is 9.96. The summed E-state index contributed by atoms with van der Waals surface area (Å²) in [6.07, 6.45) is 10.7. The molecule has 0 N–H and O–H groups in total. The van der Waals surface area contributed by atoms with Crippen LogP contribution in [-0.4, -0.2) is 11.6 Å². The number of carbonyl (C=O) groups is 2. The van der Waals surface area contributed by atoms with Gasteiger partial charge in [0.1, 0.15) is 5.78 Å². The molecule has 4 aliphatic carbocycles. The molecule has 4 rings (SSSR count). The molecule has 0 aromatic rings. The molecule has 4 aliphatic rings. The number of carbonyl (C=O) groups excluding carboxylic acids is 2. The molecule has 0 amide bonds. The minimum Gasteiger partial charge on any atom is -0.299 e. The van der Waals surface area contributed by atoms with Gasteiger partial charge in [0.2, 0.25) is 0 Å². The summed E-state index contributed by atoms with van der Waals surface area (Å²) in [6.45, 7) is 11.0. The molecule has 0 bridgehead atoms. The number of ketones is 2. The number of fused-ring (bicyclic) bond motifs is 5. The summed E-state index contributed by atoms with van der Waals surface area (Å²) in [5.74, 6) is 2.47. The van der Waals surface area contributed by atoms with Crippen LogP contribution >= 0.6 is 0 Å². The van der Waals surface area contributed by atoms with Crippen molar-refractivity contribution >= 4 is 11.6 Å². The van der Waals surface area contributed by atoms with E-state index in [0.29, 0.717) is 35.7 Å². The number of Topliss-reactive ketones (excluding diaryl/α,β-unsaturated/α-hetero) is 1. The highest BCUT2D eigenvalue weighted by Gasteiger charge is 2.63. The molecule has 0 aromatic carbocycles. The molecular formula is C23H32O2. The lowest BCUT2D eigenvalue weighted by Gasteiger charge is -2.58. The SMILES string of the molecule is CC(=O)[C@@]1(C)CCC2C3C=C(C)C4=CC(=O)CC[C@]4(C)C3CC[C@@]21C.